The highest BCUT2D eigenvalue weighted by Gasteiger charge is 2.25. The van der Waals surface area contributed by atoms with Gasteiger partial charge in [0.05, 0.1) is 16.6 Å². The number of amides is 1. The lowest BCUT2D eigenvalue weighted by molar-refractivity contribution is 0.0713. The molecule has 0 spiro atoms. The molecule has 1 amide bonds. The van der Waals surface area contributed by atoms with Crippen molar-refractivity contribution >= 4 is 34.4 Å². The molecule has 0 bridgehead atoms. The van der Waals surface area contributed by atoms with Crippen LogP contribution in [-0.2, 0) is 0 Å². The molecule has 3 N–H and O–H groups in total. The normalized spacial score (nSPS) is 15.8. The first-order valence-corrected chi connectivity index (χ1v) is 8.12. The fourth-order valence-corrected chi connectivity index (χ4v) is 3.13. The number of nitrogens with one attached hydrogen (secondary N) is 3. The van der Waals surface area contributed by atoms with Gasteiger partial charge in [-0.3, -0.25) is 9.89 Å². The molecule has 4 rings (SSSR count). The first-order chi connectivity index (χ1) is 11.7. The van der Waals surface area contributed by atoms with Gasteiger partial charge in [0.2, 0.25) is 0 Å². The molecule has 4 heterocycles. The third-order valence-corrected chi connectivity index (χ3v) is 4.47. The summed E-state index contributed by atoms with van der Waals surface area (Å²) >= 11 is 5.86. The summed E-state index contributed by atoms with van der Waals surface area (Å²) in [6, 6.07) is 1.92. The minimum absolute atomic E-state index is 0.0142. The van der Waals surface area contributed by atoms with Crippen LogP contribution in [0.1, 0.15) is 23.3 Å². The number of piperidine rings is 1. The summed E-state index contributed by atoms with van der Waals surface area (Å²) in [6.07, 6.45) is 6.54. The molecule has 8 nitrogen and oxygen atoms in total. The first-order valence-electron chi connectivity index (χ1n) is 7.74. The standard InChI is InChI=1S/C15H16ClN7O/c16-9-5-12(17-6-9)15(24)23-3-1-10(2-4-23)21-13-11-7-20-22-14(11)19-8-18-13/h5-8,10,17H,1-4H2,(H2,18,19,20,21,22). The maximum Gasteiger partial charge on any atom is 0.270 e. The van der Waals surface area contributed by atoms with Gasteiger partial charge in [-0.1, -0.05) is 11.6 Å². The number of halogens is 1. The van der Waals surface area contributed by atoms with Gasteiger partial charge in [-0.15, -0.1) is 0 Å². The number of H-pyrrole nitrogens is 2. The third-order valence-electron chi connectivity index (χ3n) is 4.25. The smallest absolute Gasteiger partial charge is 0.270 e. The summed E-state index contributed by atoms with van der Waals surface area (Å²) in [5.41, 5.74) is 1.24. The van der Waals surface area contributed by atoms with Crippen LogP contribution in [0, 0.1) is 0 Å². The van der Waals surface area contributed by atoms with Crippen molar-refractivity contribution in [2.45, 2.75) is 18.9 Å². The van der Waals surface area contributed by atoms with Crippen LogP contribution in [0.15, 0.2) is 24.8 Å². The van der Waals surface area contributed by atoms with E-state index in [0.717, 1.165) is 24.0 Å². The van der Waals surface area contributed by atoms with Crippen LogP contribution in [0.5, 0.6) is 0 Å². The molecule has 1 aliphatic heterocycles. The van der Waals surface area contributed by atoms with Crippen LogP contribution in [0.25, 0.3) is 11.0 Å². The van der Waals surface area contributed by atoms with E-state index < -0.39 is 0 Å². The number of aromatic amines is 2. The Hall–Kier alpha value is -2.61. The second-order valence-electron chi connectivity index (χ2n) is 5.80. The molecule has 3 aromatic rings. The minimum atomic E-state index is -0.0142. The topological polar surface area (TPSA) is 103 Å². The molecule has 0 saturated carbocycles. The quantitative estimate of drug-likeness (QED) is 0.674. The van der Waals surface area contributed by atoms with Crippen LogP contribution in [0.3, 0.4) is 0 Å². The van der Waals surface area contributed by atoms with Gasteiger partial charge in [-0.2, -0.15) is 5.10 Å². The summed E-state index contributed by atoms with van der Waals surface area (Å²) < 4.78 is 0. The van der Waals surface area contributed by atoms with Crippen molar-refractivity contribution < 1.29 is 4.79 Å². The van der Waals surface area contributed by atoms with Gasteiger partial charge in [0.25, 0.3) is 5.91 Å². The second kappa shape index (κ2) is 6.12. The number of hydrogen-bond donors (Lipinski definition) is 3. The zero-order valence-corrected chi connectivity index (χ0v) is 13.5. The monoisotopic (exact) mass is 345 g/mol. The van der Waals surface area contributed by atoms with Gasteiger partial charge in [0, 0.05) is 25.3 Å². The van der Waals surface area contributed by atoms with Gasteiger partial charge in [-0.25, -0.2) is 9.97 Å². The highest BCUT2D eigenvalue weighted by Crippen LogP contribution is 2.21. The molecule has 1 saturated heterocycles. The average molecular weight is 346 g/mol. The number of fused-ring (bicyclic) bond motifs is 1. The number of carbonyl (C=O) groups is 1. The number of hydrogen-bond acceptors (Lipinski definition) is 5. The minimum Gasteiger partial charge on any atom is -0.366 e. The predicted octanol–water partition coefficient (Wildman–Crippen LogP) is 2.05. The molecule has 0 unspecified atom stereocenters. The molecular weight excluding hydrogens is 330 g/mol. The largest absolute Gasteiger partial charge is 0.366 e. The highest BCUT2D eigenvalue weighted by atomic mass is 35.5. The average Bonchev–Trinajstić information content (AvgIpc) is 3.24. The summed E-state index contributed by atoms with van der Waals surface area (Å²) in [5.74, 6) is 0.759. The number of nitrogens with zero attached hydrogens (tertiary/aromatic N) is 4. The Labute approximate surface area is 142 Å². The Bertz CT molecular complexity index is 865. The Morgan fingerprint density at radius 1 is 1.33 bits per heavy atom. The first kappa shape index (κ1) is 14.9. The SMILES string of the molecule is O=C(c1cc(Cl)c[nH]1)N1CCC(Nc2ncnc3[nH]ncc23)CC1. The van der Waals surface area contributed by atoms with Crippen LogP contribution in [-0.4, -0.2) is 55.1 Å². The predicted molar refractivity (Wildman–Crippen MR) is 90.0 cm³/mol. The molecule has 0 aliphatic carbocycles. The Morgan fingerprint density at radius 3 is 2.92 bits per heavy atom. The van der Waals surface area contributed by atoms with E-state index in [-0.39, 0.29) is 11.9 Å². The van der Waals surface area contributed by atoms with Gasteiger partial charge < -0.3 is 15.2 Å². The third kappa shape index (κ3) is 2.80. The van der Waals surface area contributed by atoms with Crippen molar-refractivity contribution in [3.05, 3.63) is 35.5 Å². The molecule has 1 fully saturated rings. The van der Waals surface area contributed by atoms with E-state index in [1.54, 1.807) is 18.5 Å². The zero-order valence-electron chi connectivity index (χ0n) is 12.8. The number of likely N-dealkylation sites (tertiary alicyclic amines) is 1. The molecule has 124 valence electrons. The van der Waals surface area contributed by atoms with Crippen molar-refractivity contribution in [2.24, 2.45) is 0 Å². The molecule has 0 aromatic carbocycles. The number of rotatable bonds is 3. The molecule has 9 heteroatoms. The lowest BCUT2D eigenvalue weighted by atomic mass is 10.0. The second-order valence-corrected chi connectivity index (χ2v) is 6.23. The zero-order chi connectivity index (χ0) is 16.5. The van der Waals surface area contributed by atoms with Crippen LogP contribution < -0.4 is 5.32 Å². The van der Waals surface area contributed by atoms with Gasteiger partial charge in [0.1, 0.15) is 17.8 Å². The molecule has 1 aliphatic rings. The van der Waals surface area contributed by atoms with Gasteiger partial charge in [0.15, 0.2) is 5.65 Å². The Morgan fingerprint density at radius 2 is 2.17 bits per heavy atom. The highest BCUT2D eigenvalue weighted by molar-refractivity contribution is 6.30. The van der Waals surface area contributed by atoms with E-state index in [9.17, 15) is 4.79 Å². The van der Waals surface area contributed by atoms with Crippen LogP contribution in [0.4, 0.5) is 5.82 Å². The van der Waals surface area contributed by atoms with Crippen molar-refractivity contribution in [1.82, 2.24) is 30.0 Å². The van der Waals surface area contributed by atoms with E-state index in [2.05, 4.69) is 30.5 Å². The fraction of sp³-hybridized carbons (Fsp3) is 0.333. The Kier molecular flexibility index (Phi) is 3.81. The number of aromatic nitrogens is 5. The molecular formula is C15H16ClN7O. The van der Waals surface area contributed by atoms with Crippen LogP contribution >= 0.6 is 11.6 Å². The summed E-state index contributed by atoms with van der Waals surface area (Å²) in [6.45, 7) is 1.37. The summed E-state index contributed by atoms with van der Waals surface area (Å²) in [4.78, 5) is 25.6. The molecule has 24 heavy (non-hydrogen) atoms. The van der Waals surface area contributed by atoms with E-state index >= 15 is 0 Å². The lowest BCUT2D eigenvalue weighted by Crippen LogP contribution is -2.42. The summed E-state index contributed by atoms with van der Waals surface area (Å²) in [7, 11) is 0. The summed E-state index contributed by atoms with van der Waals surface area (Å²) in [5, 5.41) is 11.7. The van der Waals surface area contributed by atoms with Crippen molar-refractivity contribution in [3.8, 4) is 0 Å². The molecule has 0 atom stereocenters. The maximum atomic E-state index is 12.4. The number of anilines is 1. The van der Waals surface area contributed by atoms with E-state index in [0.29, 0.717) is 29.5 Å². The van der Waals surface area contributed by atoms with E-state index in [1.165, 1.54) is 6.33 Å². The maximum absolute atomic E-state index is 12.4. The molecule has 0 radical (unpaired) electrons. The fourth-order valence-electron chi connectivity index (χ4n) is 2.96. The van der Waals surface area contributed by atoms with E-state index in [4.69, 9.17) is 11.6 Å². The molecule has 3 aromatic heterocycles. The van der Waals surface area contributed by atoms with Crippen molar-refractivity contribution in [3.63, 3.8) is 0 Å². The van der Waals surface area contributed by atoms with Crippen molar-refractivity contribution in [2.75, 3.05) is 18.4 Å². The van der Waals surface area contributed by atoms with Crippen molar-refractivity contribution in [1.29, 1.82) is 0 Å². The lowest BCUT2D eigenvalue weighted by Gasteiger charge is -2.32. The van der Waals surface area contributed by atoms with Gasteiger partial charge in [-0.05, 0) is 18.9 Å². The Balaban J connectivity index is 1.39. The number of carbonyl (C=O) groups excluding carboxylic acids is 1. The van der Waals surface area contributed by atoms with E-state index in [1.807, 2.05) is 4.90 Å². The van der Waals surface area contributed by atoms with Crippen LogP contribution in [0.2, 0.25) is 5.02 Å². The van der Waals surface area contributed by atoms with Gasteiger partial charge >= 0.3 is 0 Å².